The van der Waals surface area contributed by atoms with Gasteiger partial charge in [-0.25, -0.2) is 4.98 Å². The fourth-order valence-corrected chi connectivity index (χ4v) is 3.60. The highest BCUT2D eigenvalue weighted by Crippen LogP contribution is 2.20. The normalized spacial score (nSPS) is 14.4. The number of aryl methyl sites for hydroxylation is 1. The number of pyridine rings is 1. The first kappa shape index (κ1) is 17.3. The van der Waals surface area contributed by atoms with E-state index in [-0.39, 0.29) is 29.4 Å². The molecule has 1 aliphatic carbocycles. The first-order valence-corrected chi connectivity index (χ1v) is 9.28. The highest BCUT2D eigenvalue weighted by Gasteiger charge is 2.24. The highest BCUT2D eigenvalue weighted by molar-refractivity contribution is 6.09. The van der Waals surface area contributed by atoms with E-state index in [4.69, 9.17) is 0 Å². The molecule has 0 atom stereocenters. The fraction of sp³-hybridized carbons (Fsp3) is 0.286. The predicted octanol–water partition coefficient (Wildman–Crippen LogP) is 3.57. The number of carbonyl (C=O) groups is 2. The number of imidazole rings is 1. The third kappa shape index (κ3) is 3.56. The minimum atomic E-state index is -0.329. The number of carbonyl (C=O) groups excluding carboxylic acids is 2. The molecule has 0 saturated heterocycles. The van der Waals surface area contributed by atoms with E-state index in [1.807, 2.05) is 43.3 Å². The molecule has 0 bridgehead atoms. The van der Waals surface area contributed by atoms with Crippen molar-refractivity contribution >= 4 is 23.0 Å². The average Bonchev–Trinajstić information content (AvgIpc) is 3.29. The number of benzene rings is 1. The number of fused-ring (bicyclic) bond motifs is 1. The van der Waals surface area contributed by atoms with E-state index in [0.29, 0.717) is 11.2 Å². The molecular formula is C21H22N4O2. The van der Waals surface area contributed by atoms with E-state index in [1.165, 1.54) is 0 Å². The fourth-order valence-electron chi connectivity index (χ4n) is 3.60. The lowest BCUT2D eigenvalue weighted by atomic mass is 10.2. The Kier molecular flexibility index (Phi) is 4.62. The minimum Gasteiger partial charge on any atom is -0.347 e. The Labute approximate surface area is 157 Å². The van der Waals surface area contributed by atoms with Crippen LogP contribution in [0.3, 0.4) is 0 Å². The molecule has 0 aliphatic heterocycles. The number of hydrogen-bond donors (Lipinski definition) is 2. The van der Waals surface area contributed by atoms with Crippen LogP contribution >= 0.6 is 0 Å². The SMILES string of the molecule is Cc1cccc(NC(=O)c2nc(C(=O)NC3CCCC3)n3ccccc23)c1. The van der Waals surface area contributed by atoms with Crippen LogP contribution in [0.4, 0.5) is 5.69 Å². The summed E-state index contributed by atoms with van der Waals surface area (Å²) < 4.78 is 1.68. The summed E-state index contributed by atoms with van der Waals surface area (Å²) in [5, 5.41) is 5.91. The van der Waals surface area contributed by atoms with Gasteiger partial charge in [0.2, 0.25) is 5.82 Å². The first-order chi connectivity index (χ1) is 13.1. The predicted molar refractivity (Wildman–Crippen MR) is 104 cm³/mol. The lowest BCUT2D eigenvalue weighted by Gasteiger charge is -2.10. The van der Waals surface area contributed by atoms with Crippen molar-refractivity contribution < 1.29 is 9.59 Å². The van der Waals surface area contributed by atoms with Gasteiger partial charge >= 0.3 is 0 Å². The molecular weight excluding hydrogens is 340 g/mol. The molecule has 6 nitrogen and oxygen atoms in total. The number of aromatic nitrogens is 2. The van der Waals surface area contributed by atoms with Gasteiger partial charge in [-0.15, -0.1) is 0 Å². The van der Waals surface area contributed by atoms with Crippen LogP contribution < -0.4 is 10.6 Å². The van der Waals surface area contributed by atoms with Crippen LogP contribution in [-0.4, -0.2) is 27.2 Å². The van der Waals surface area contributed by atoms with Crippen molar-refractivity contribution in [1.82, 2.24) is 14.7 Å². The zero-order valence-electron chi connectivity index (χ0n) is 15.2. The summed E-state index contributed by atoms with van der Waals surface area (Å²) in [5.41, 5.74) is 2.61. The Morgan fingerprint density at radius 2 is 1.89 bits per heavy atom. The van der Waals surface area contributed by atoms with Gasteiger partial charge < -0.3 is 10.6 Å². The number of rotatable bonds is 4. The van der Waals surface area contributed by atoms with Crippen LogP contribution in [-0.2, 0) is 0 Å². The van der Waals surface area contributed by atoms with Gasteiger partial charge in [-0.05, 0) is 49.6 Å². The molecule has 138 valence electrons. The molecule has 2 N–H and O–H groups in total. The van der Waals surface area contributed by atoms with Crippen molar-refractivity contribution in [2.75, 3.05) is 5.32 Å². The lowest BCUT2D eigenvalue weighted by Crippen LogP contribution is -2.33. The van der Waals surface area contributed by atoms with Gasteiger partial charge in [0.15, 0.2) is 5.69 Å². The lowest BCUT2D eigenvalue weighted by molar-refractivity contribution is 0.0926. The number of nitrogens with one attached hydrogen (secondary N) is 2. The van der Waals surface area contributed by atoms with Gasteiger partial charge in [-0.2, -0.15) is 0 Å². The Balaban J connectivity index is 1.64. The smallest absolute Gasteiger partial charge is 0.287 e. The number of anilines is 1. The van der Waals surface area contributed by atoms with Gasteiger partial charge in [0.1, 0.15) is 0 Å². The van der Waals surface area contributed by atoms with Crippen molar-refractivity contribution in [3.63, 3.8) is 0 Å². The summed E-state index contributed by atoms with van der Waals surface area (Å²) in [6.07, 6.45) is 6.02. The maximum atomic E-state index is 12.8. The van der Waals surface area contributed by atoms with Crippen molar-refractivity contribution in [3.05, 3.63) is 65.7 Å². The summed E-state index contributed by atoms with van der Waals surface area (Å²) in [6.45, 7) is 1.97. The summed E-state index contributed by atoms with van der Waals surface area (Å²) in [5.74, 6) is -0.325. The molecule has 0 radical (unpaired) electrons. The molecule has 4 rings (SSSR count). The summed E-state index contributed by atoms with van der Waals surface area (Å²) in [6, 6.07) is 13.2. The zero-order chi connectivity index (χ0) is 18.8. The van der Waals surface area contributed by atoms with Crippen molar-refractivity contribution in [2.24, 2.45) is 0 Å². The van der Waals surface area contributed by atoms with Crippen LogP contribution in [0.15, 0.2) is 48.7 Å². The molecule has 6 heteroatoms. The van der Waals surface area contributed by atoms with Crippen LogP contribution in [0.25, 0.3) is 5.52 Å². The van der Waals surface area contributed by atoms with Crippen LogP contribution in [0.2, 0.25) is 0 Å². The maximum absolute atomic E-state index is 12.8. The largest absolute Gasteiger partial charge is 0.347 e. The first-order valence-electron chi connectivity index (χ1n) is 9.28. The van der Waals surface area contributed by atoms with Crippen LogP contribution in [0.5, 0.6) is 0 Å². The van der Waals surface area contributed by atoms with Crippen molar-refractivity contribution in [1.29, 1.82) is 0 Å². The molecule has 1 saturated carbocycles. The van der Waals surface area contributed by atoms with Gasteiger partial charge in [-0.1, -0.05) is 31.0 Å². The second kappa shape index (κ2) is 7.23. The number of hydrogen-bond acceptors (Lipinski definition) is 3. The third-order valence-electron chi connectivity index (χ3n) is 4.93. The Morgan fingerprint density at radius 3 is 2.67 bits per heavy atom. The molecule has 1 aromatic carbocycles. The van der Waals surface area contributed by atoms with Gasteiger partial charge in [0.05, 0.1) is 5.52 Å². The van der Waals surface area contributed by atoms with E-state index >= 15 is 0 Å². The molecule has 2 heterocycles. The third-order valence-corrected chi connectivity index (χ3v) is 4.93. The van der Waals surface area contributed by atoms with Crippen molar-refractivity contribution in [3.8, 4) is 0 Å². The topological polar surface area (TPSA) is 75.5 Å². The van der Waals surface area contributed by atoms with Gasteiger partial charge in [0.25, 0.3) is 11.8 Å². The molecule has 0 unspecified atom stereocenters. The summed E-state index contributed by atoms with van der Waals surface area (Å²) >= 11 is 0. The Bertz CT molecular complexity index is 1000. The molecule has 2 amide bonds. The second-order valence-corrected chi connectivity index (χ2v) is 7.02. The number of amides is 2. The van der Waals surface area contributed by atoms with Gasteiger partial charge in [0, 0.05) is 17.9 Å². The molecule has 3 aromatic rings. The minimum absolute atomic E-state index is 0.193. The highest BCUT2D eigenvalue weighted by atomic mass is 16.2. The van der Waals surface area contributed by atoms with Gasteiger partial charge in [-0.3, -0.25) is 14.0 Å². The zero-order valence-corrected chi connectivity index (χ0v) is 15.2. The van der Waals surface area contributed by atoms with E-state index in [1.54, 1.807) is 16.7 Å². The Hall–Kier alpha value is -3.15. The van der Waals surface area contributed by atoms with Crippen LogP contribution in [0.1, 0.15) is 52.4 Å². The standard InChI is InChI=1S/C21H22N4O2/c1-14-7-6-10-16(13-14)23-20(26)18-17-11-4-5-12-25(17)19(24-18)21(27)22-15-8-2-3-9-15/h4-7,10-13,15H,2-3,8-9H2,1H3,(H,22,27)(H,23,26). The second-order valence-electron chi connectivity index (χ2n) is 7.02. The van der Waals surface area contributed by atoms with E-state index in [0.717, 1.165) is 31.2 Å². The molecule has 1 aliphatic rings. The van der Waals surface area contributed by atoms with E-state index in [9.17, 15) is 9.59 Å². The molecule has 1 fully saturated rings. The maximum Gasteiger partial charge on any atom is 0.287 e. The molecule has 2 aromatic heterocycles. The summed E-state index contributed by atoms with van der Waals surface area (Å²) in [4.78, 5) is 29.9. The van der Waals surface area contributed by atoms with Crippen LogP contribution in [0, 0.1) is 6.92 Å². The molecule has 27 heavy (non-hydrogen) atoms. The average molecular weight is 362 g/mol. The van der Waals surface area contributed by atoms with E-state index in [2.05, 4.69) is 15.6 Å². The summed E-state index contributed by atoms with van der Waals surface area (Å²) in [7, 11) is 0. The Morgan fingerprint density at radius 1 is 1.07 bits per heavy atom. The number of nitrogens with zero attached hydrogens (tertiary/aromatic N) is 2. The van der Waals surface area contributed by atoms with E-state index < -0.39 is 0 Å². The molecule has 0 spiro atoms. The quantitative estimate of drug-likeness (QED) is 0.745. The van der Waals surface area contributed by atoms with Crippen molar-refractivity contribution in [2.45, 2.75) is 38.6 Å². The monoisotopic (exact) mass is 362 g/mol.